The summed E-state index contributed by atoms with van der Waals surface area (Å²) in [5.41, 5.74) is 1.69. The third kappa shape index (κ3) is 2.91. The van der Waals surface area contributed by atoms with Crippen LogP contribution in [0.5, 0.6) is 5.88 Å². The van der Waals surface area contributed by atoms with Gasteiger partial charge in [-0.05, 0) is 13.5 Å². The van der Waals surface area contributed by atoms with Crippen molar-refractivity contribution in [1.82, 2.24) is 25.1 Å². The maximum absolute atomic E-state index is 6.28. The van der Waals surface area contributed by atoms with Gasteiger partial charge in [0.15, 0.2) is 0 Å². The van der Waals surface area contributed by atoms with E-state index in [-0.39, 0.29) is 6.04 Å². The number of aromatic nitrogens is 4. The van der Waals surface area contributed by atoms with E-state index in [4.69, 9.17) is 16.3 Å². The lowest BCUT2D eigenvalue weighted by molar-refractivity contribution is 0.394. The molecule has 2 aromatic heterocycles. The van der Waals surface area contributed by atoms with E-state index in [9.17, 15) is 0 Å². The molecule has 0 spiro atoms. The quantitative estimate of drug-likeness (QED) is 0.883. The first-order valence-corrected chi connectivity index (χ1v) is 6.83. The Morgan fingerprint density at radius 1 is 1.45 bits per heavy atom. The van der Waals surface area contributed by atoms with Gasteiger partial charge < -0.3 is 10.1 Å². The van der Waals surface area contributed by atoms with Crippen molar-refractivity contribution in [2.24, 2.45) is 0 Å². The third-order valence-electron chi connectivity index (χ3n) is 3.00. The summed E-state index contributed by atoms with van der Waals surface area (Å²) in [4.78, 5) is 8.32. The summed E-state index contributed by atoms with van der Waals surface area (Å²) in [6.07, 6.45) is 4.12. The Labute approximate surface area is 123 Å². The van der Waals surface area contributed by atoms with Crippen LogP contribution in [0.4, 0.5) is 0 Å². The average Bonchev–Trinajstić information content (AvgIpc) is 2.82. The van der Waals surface area contributed by atoms with Crippen LogP contribution in [0.15, 0.2) is 18.6 Å². The maximum Gasteiger partial charge on any atom is 0.216 e. The number of hydrogen-bond donors (Lipinski definition) is 1. The van der Waals surface area contributed by atoms with Crippen molar-refractivity contribution in [2.75, 3.05) is 14.2 Å². The molecule has 108 valence electrons. The second-order valence-electron chi connectivity index (χ2n) is 4.31. The van der Waals surface area contributed by atoms with Gasteiger partial charge in [0, 0.05) is 12.6 Å². The van der Waals surface area contributed by atoms with Gasteiger partial charge in [0.05, 0.1) is 35.8 Å². The van der Waals surface area contributed by atoms with Crippen LogP contribution in [0.2, 0.25) is 5.02 Å². The number of nitrogens with one attached hydrogen (secondary N) is 1. The van der Waals surface area contributed by atoms with Crippen molar-refractivity contribution >= 4 is 11.6 Å². The van der Waals surface area contributed by atoms with Crippen LogP contribution >= 0.6 is 11.6 Å². The minimum atomic E-state index is -0.159. The molecule has 1 N–H and O–H groups in total. The molecule has 2 heterocycles. The van der Waals surface area contributed by atoms with E-state index in [1.807, 2.05) is 11.7 Å². The Bertz CT molecular complexity index is 572. The largest absolute Gasteiger partial charge is 0.481 e. The SMILES string of the molecule is CCCn1ncc(Cl)c1C(NC)c1cc(OC)ncn1. The first-order valence-electron chi connectivity index (χ1n) is 6.45. The molecule has 0 saturated heterocycles. The van der Waals surface area contributed by atoms with Crippen molar-refractivity contribution in [3.05, 3.63) is 35.0 Å². The summed E-state index contributed by atoms with van der Waals surface area (Å²) in [7, 11) is 3.44. The van der Waals surface area contributed by atoms with Crippen LogP contribution in [-0.4, -0.2) is 33.9 Å². The van der Waals surface area contributed by atoms with Crippen molar-refractivity contribution in [1.29, 1.82) is 0 Å². The van der Waals surface area contributed by atoms with E-state index in [1.54, 1.807) is 19.4 Å². The van der Waals surface area contributed by atoms with Crippen LogP contribution in [0.25, 0.3) is 0 Å². The van der Waals surface area contributed by atoms with E-state index >= 15 is 0 Å². The minimum absolute atomic E-state index is 0.159. The predicted molar refractivity (Wildman–Crippen MR) is 77.0 cm³/mol. The normalized spacial score (nSPS) is 12.4. The molecule has 0 aliphatic carbocycles. The summed E-state index contributed by atoms with van der Waals surface area (Å²) < 4.78 is 7.04. The number of halogens is 1. The number of methoxy groups -OCH3 is 1. The molecular formula is C13H18ClN5O. The molecule has 2 aromatic rings. The Morgan fingerprint density at radius 3 is 2.90 bits per heavy atom. The fourth-order valence-electron chi connectivity index (χ4n) is 2.10. The van der Waals surface area contributed by atoms with Gasteiger partial charge in [-0.25, -0.2) is 9.97 Å². The highest BCUT2D eigenvalue weighted by molar-refractivity contribution is 6.31. The second-order valence-corrected chi connectivity index (χ2v) is 4.72. The van der Waals surface area contributed by atoms with Gasteiger partial charge >= 0.3 is 0 Å². The molecule has 0 bridgehead atoms. The Hall–Kier alpha value is -1.66. The summed E-state index contributed by atoms with van der Waals surface area (Å²) in [6.45, 7) is 2.91. The molecule has 20 heavy (non-hydrogen) atoms. The van der Waals surface area contributed by atoms with Gasteiger partial charge in [-0.2, -0.15) is 5.10 Å². The summed E-state index contributed by atoms with van der Waals surface area (Å²) in [6, 6.07) is 1.63. The maximum atomic E-state index is 6.28. The molecule has 1 atom stereocenters. The Kier molecular flexibility index (Phi) is 4.92. The minimum Gasteiger partial charge on any atom is -0.481 e. The fourth-order valence-corrected chi connectivity index (χ4v) is 2.35. The van der Waals surface area contributed by atoms with E-state index in [2.05, 4.69) is 27.3 Å². The fraction of sp³-hybridized carbons (Fsp3) is 0.462. The van der Waals surface area contributed by atoms with Crippen LogP contribution in [-0.2, 0) is 6.54 Å². The first-order chi connectivity index (χ1) is 9.71. The molecule has 7 heteroatoms. The highest BCUT2D eigenvalue weighted by atomic mass is 35.5. The van der Waals surface area contributed by atoms with Gasteiger partial charge in [-0.1, -0.05) is 18.5 Å². The van der Waals surface area contributed by atoms with Crippen molar-refractivity contribution < 1.29 is 4.74 Å². The highest BCUT2D eigenvalue weighted by Crippen LogP contribution is 2.28. The molecule has 2 rings (SSSR count). The lowest BCUT2D eigenvalue weighted by Crippen LogP contribution is -2.23. The van der Waals surface area contributed by atoms with Gasteiger partial charge in [-0.15, -0.1) is 0 Å². The Balaban J connectivity index is 2.43. The molecule has 0 radical (unpaired) electrons. The molecule has 6 nitrogen and oxygen atoms in total. The topological polar surface area (TPSA) is 64.9 Å². The van der Waals surface area contributed by atoms with E-state index in [0.29, 0.717) is 10.9 Å². The number of ether oxygens (including phenoxy) is 1. The first kappa shape index (κ1) is 14.7. The zero-order valence-corrected chi connectivity index (χ0v) is 12.6. The highest BCUT2D eigenvalue weighted by Gasteiger charge is 2.22. The molecule has 0 aliphatic rings. The third-order valence-corrected chi connectivity index (χ3v) is 3.29. The number of rotatable bonds is 6. The van der Waals surface area contributed by atoms with Crippen LogP contribution in [0.1, 0.15) is 30.8 Å². The average molecular weight is 296 g/mol. The second kappa shape index (κ2) is 6.67. The molecule has 0 fully saturated rings. The van der Waals surface area contributed by atoms with Crippen LogP contribution in [0, 0.1) is 0 Å². The van der Waals surface area contributed by atoms with Crippen LogP contribution < -0.4 is 10.1 Å². The zero-order valence-electron chi connectivity index (χ0n) is 11.8. The lowest BCUT2D eigenvalue weighted by Gasteiger charge is -2.18. The molecule has 0 saturated carbocycles. The van der Waals surface area contributed by atoms with Crippen LogP contribution in [0.3, 0.4) is 0 Å². The zero-order chi connectivity index (χ0) is 14.5. The summed E-state index contributed by atoms with van der Waals surface area (Å²) >= 11 is 6.28. The molecule has 0 aromatic carbocycles. The van der Waals surface area contributed by atoms with Gasteiger partial charge in [0.1, 0.15) is 6.33 Å². The van der Waals surface area contributed by atoms with Crippen molar-refractivity contribution in [3.8, 4) is 5.88 Å². The molecular weight excluding hydrogens is 278 g/mol. The standard InChI is InChI=1S/C13H18ClN5O/c1-4-5-19-13(9(14)7-18-19)12(15-2)10-6-11(20-3)17-8-16-10/h6-8,12,15H,4-5H2,1-3H3. The number of aryl methyl sites for hydroxylation is 1. The summed E-state index contributed by atoms with van der Waals surface area (Å²) in [5.74, 6) is 0.521. The number of hydrogen-bond acceptors (Lipinski definition) is 5. The smallest absolute Gasteiger partial charge is 0.216 e. The number of nitrogens with zero attached hydrogens (tertiary/aromatic N) is 4. The molecule has 0 aliphatic heterocycles. The Morgan fingerprint density at radius 2 is 2.25 bits per heavy atom. The van der Waals surface area contributed by atoms with Crippen molar-refractivity contribution in [3.63, 3.8) is 0 Å². The summed E-state index contributed by atoms with van der Waals surface area (Å²) in [5, 5.41) is 8.15. The van der Waals surface area contributed by atoms with Gasteiger partial charge in [0.25, 0.3) is 0 Å². The van der Waals surface area contributed by atoms with E-state index in [1.165, 1.54) is 6.33 Å². The van der Waals surface area contributed by atoms with Gasteiger partial charge in [0.2, 0.25) is 5.88 Å². The molecule has 1 unspecified atom stereocenters. The van der Waals surface area contributed by atoms with Crippen molar-refractivity contribution in [2.45, 2.75) is 25.9 Å². The van der Waals surface area contributed by atoms with E-state index in [0.717, 1.165) is 24.4 Å². The van der Waals surface area contributed by atoms with Gasteiger partial charge in [-0.3, -0.25) is 4.68 Å². The molecule has 0 amide bonds. The lowest BCUT2D eigenvalue weighted by atomic mass is 10.1. The van der Waals surface area contributed by atoms with E-state index < -0.39 is 0 Å². The monoisotopic (exact) mass is 295 g/mol. The predicted octanol–water partition coefficient (Wildman–Crippen LogP) is 2.05.